The fourth-order valence-corrected chi connectivity index (χ4v) is 4.09. The van der Waals surface area contributed by atoms with Gasteiger partial charge in [-0.05, 0) is 23.3 Å². The van der Waals surface area contributed by atoms with Crippen molar-refractivity contribution in [3.63, 3.8) is 0 Å². The first-order chi connectivity index (χ1) is 17.7. The third-order valence-corrected chi connectivity index (χ3v) is 5.79. The van der Waals surface area contributed by atoms with Gasteiger partial charge in [-0.25, -0.2) is 9.97 Å². The number of furan rings is 1. The van der Waals surface area contributed by atoms with Gasteiger partial charge in [0.2, 0.25) is 5.71 Å². The van der Waals surface area contributed by atoms with Crippen molar-refractivity contribution in [2.75, 3.05) is 17.2 Å². The zero-order chi connectivity index (χ0) is 24.9. The maximum atomic E-state index is 11.6. The number of nitrogens with zero attached hydrogens (tertiary/aromatic N) is 2. The molecule has 5 rings (SSSR count). The van der Waals surface area contributed by atoms with Gasteiger partial charge in [0, 0.05) is 16.8 Å². The van der Waals surface area contributed by atoms with E-state index in [-0.39, 0.29) is 12.6 Å². The Bertz CT molecular complexity index is 1500. The molecule has 8 heteroatoms. The van der Waals surface area contributed by atoms with Crippen LogP contribution in [0.5, 0.6) is 0 Å². The summed E-state index contributed by atoms with van der Waals surface area (Å²) in [5.41, 5.74) is 4.39. The van der Waals surface area contributed by atoms with E-state index in [2.05, 4.69) is 20.6 Å². The quantitative estimate of drug-likeness (QED) is 0.225. The lowest BCUT2D eigenvalue weighted by atomic mass is 9.98. The van der Waals surface area contributed by atoms with Crippen LogP contribution < -0.4 is 10.6 Å². The summed E-state index contributed by atoms with van der Waals surface area (Å²) < 4.78 is 6.26. The summed E-state index contributed by atoms with van der Waals surface area (Å²) in [4.78, 5) is 20.5. The Hall–Kier alpha value is -4.82. The number of nitrogens with one attached hydrogen (secondary N) is 3. The highest BCUT2D eigenvalue weighted by Gasteiger charge is 2.23. The largest absolute Gasteiger partial charge is 0.437 e. The van der Waals surface area contributed by atoms with Gasteiger partial charge in [0.15, 0.2) is 0 Å². The first-order valence-electron chi connectivity index (χ1n) is 11.3. The molecule has 36 heavy (non-hydrogen) atoms. The predicted octanol–water partition coefficient (Wildman–Crippen LogP) is 5.29. The molecule has 0 spiro atoms. The second kappa shape index (κ2) is 10.2. The van der Waals surface area contributed by atoms with Gasteiger partial charge in [-0.1, -0.05) is 72.8 Å². The van der Waals surface area contributed by atoms with Crippen LogP contribution in [0.3, 0.4) is 0 Å². The minimum Gasteiger partial charge on any atom is -0.437 e. The first-order valence-corrected chi connectivity index (χ1v) is 11.3. The standard InChI is InChI=1S/C28H23N5O3/c29-15-23(35)32-21-13-11-19(12-14-21)24-25-27(33-22(16-34)18-7-3-1-4-8-18)30-17-31-28(25)36-26(24)20-9-5-2-6-10-20/h1-15,17,22,29,34H,16H2,(H,32,35)(H,30,31,33)/t22-/m1/s1. The number of aliphatic hydroxyl groups excluding tert-OH is 1. The fraction of sp³-hybridized carbons (Fsp3) is 0.0714. The van der Waals surface area contributed by atoms with Crippen LogP contribution >= 0.6 is 0 Å². The molecule has 3 aromatic carbocycles. The molecule has 2 heterocycles. The van der Waals surface area contributed by atoms with Gasteiger partial charge in [0.05, 0.1) is 24.2 Å². The fourth-order valence-electron chi connectivity index (χ4n) is 4.09. The number of aliphatic hydroxyl groups is 1. The number of rotatable bonds is 8. The van der Waals surface area contributed by atoms with Gasteiger partial charge >= 0.3 is 0 Å². The van der Waals surface area contributed by atoms with Crippen molar-refractivity contribution in [1.29, 1.82) is 5.41 Å². The Morgan fingerprint density at radius 1 is 0.944 bits per heavy atom. The molecular formula is C28H23N5O3. The van der Waals surface area contributed by atoms with Gasteiger partial charge in [-0.15, -0.1) is 0 Å². The second-order valence-electron chi connectivity index (χ2n) is 8.08. The molecule has 0 radical (unpaired) electrons. The van der Waals surface area contributed by atoms with Gasteiger partial charge < -0.3 is 25.6 Å². The predicted molar refractivity (Wildman–Crippen MR) is 140 cm³/mol. The molecule has 8 nitrogen and oxygen atoms in total. The summed E-state index contributed by atoms with van der Waals surface area (Å²) in [6.07, 6.45) is 2.16. The van der Waals surface area contributed by atoms with Crippen LogP contribution in [0, 0.1) is 5.41 Å². The number of hydrogen-bond donors (Lipinski definition) is 4. The summed E-state index contributed by atoms with van der Waals surface area (Å²) in [5, 5.41) is 23.9. The number of hydrogen-bond acceptors (Lipinski definition) is 7. The molecule has 0 saturated carbocycles. The molecule has 178 valence electrons. The van der Waals surface area contributed by atoms with Crippen molar-refractivity contribution in [2.45, 2.75) is 6.04 Å². The lowest BCUT2D eigenvalue weighted by molar-refractivity contribution is -0.110. The van der Waals surface area contributed by atoms with Crippen molar-refractivity contribution < 1.29 is 14.3 Å². The van der Waals surface area contributed by atoms with Crippen LogP contribution in [0.1, 0.15) is 11.6 Å². The molecule has 1 amide bonds. The van der Waals surface area contributed by atoms with Crippen LogP contribution in [-0.4, -0.2) is 33.8 Å². The number of anilines is 2. The zero-order valence-electron chi connectivity index (χ0n) is 19.2. The summed E-state index contributed by atoms with van der Waals surface area (Å²) in [7, 11) is 0. The van der Waals surface area contributed by atoms with Crippen molar-refractivity contribution in [1.82, 2.24) is 9.97 Å². The lowest BCUT2D eigenvalue weighted by Gasteiger charge is -2.18. The number of carbonyl (C=O) groups is 1. The van der Waals surface area contributed by atoms with E-state index in [4.69, 9.17) is 9.83 Å². The van der Waals surface area contributed by atoms with Crippen molar-refractivity contribution in [3.8, 4) is 22.5 Å². The van der Waals surface area contributed by atoms with Gasteiger partial charge in [-0.3, -0.25) is 4.79 Å². The maximum absolute atomic E-state index is 11.6. The molecular weight excluding hydrogens is 454 g/mol. The smallest absolute Gasteiger partial charge is 0.266 e. The Morgan fingerprint density at radius 3 is 2.31 bits per heavy atom. The van der Waals surface area contributed by atoms with E-state index in [1.807, 2.05) is 72.8 Å². The summed E-state index contributed by atoms with van der Waals surface area (Å²) in [5.74, 6) is 0.660. The first kappa shape index (κ1) is 22.9. The van der Waals surface area contributed by atoms with Gasteiger partial charge in [0.25, 0.3) is 5.91 Å². The highest BCUT2D eigenvalue weighted by atomic mass is 16.3. The number of aromatic nitrogens is 2. The minimum atomic E-state index is -0.502. The van der Waals surface area contributed by atoms with E-state index in [9.17, 15) is 9.90 Å². The Labute approximate surface area is 207 Å². The molecule has 2 aromatic heterocycles. The third-order valence-electron chi connectivity index (χ3n) is 5.79. The van der Waals surface area contributed by atoms with Crippen LogP contribution in [0.25, 0.3) is 33.6 Å². The highest BCUT2D eigenvalue weighted by molar-refractivity contribution is 6.30. The number of amides is 1. The topological polar surface area (TPSA) is 124 Å². The van der Waals surface area contributed by atoms with Gasteiger partial charge in [0.1, 0.15) is 17.9 Å². The molecule has 0 fully saturated rings. The number of fused-ring (bicyclic) bond motifs is 1. The van der Waals surface area contributed by atoms with Crippen molar-refractivity contribution in [2.24, 2.45) is 0 Å². The molecule has 4 N–H and O–H groups in total. The second-order valence-corrected chi connectivity index (χ2v) is 8.08. The van der Waals surface area contributed by atoms with Crippen molar-refractivity contribution >= 4 is 34.7 Å². The van der Waals surface area contributed by atoms with Crippen molar-refractivity contribution in [3.05, 3.63) is 96.8 Å². The maximum Gasteiger partial charge on any atom is 0.266 e. The Morgan fingerprint density at radius 2 is 1.64 bits per heavy atom. The molecule has 0 aliphatic rings. The minimum absolute atomic E-state index is 0.129. The highest BCUT2D eigenvalue weighted by Crippen LogP contribution is 2.43. The van der Waals surface area contributed by atoms with Crippen LogP contribution in [0.15, 0.2) is 95.7 Å². The zero-order valence-corrected chi connectivity index (χ0v) is 19.2. The monoisotopic (exact) mass is 477 g/mol. The van der Waals surface area contributed by atoms with E-state index in [1.54, 1.807) is 12.1 Å². The molecule has 0 bridgehead atoms. The number of benzene rings is 3. The van der Waals surface area contributed by atoms with Crippen LogP contribution in [0.4, 0.5) is 11.5 Å². The molecule has 0 unspecified atom stereocenters. The SMILES string of the molecule is N=CC(=O)Nc1ccc(-c2c(-c3ccccc3)oc3ncnc(N[C@H](CO)c4ccccc4)c23)cc1. The molecule has 5 aromatic rings. The van der Waals surface area contributed by atoms with Crippen LogP contribution in [0.2, 0.25) is 0 Å². The van der Waals surface area contributed by atoms with E-state index in [0.29, 0.717) is 28.4 Å². The Balaban J connectivity index is 1.66. The number of carbonyl (C=O) groups excluding carboxylic acids is 1. The normalized spacial score (nSPS) is 11.7. The third kappa shape index (κ3) is 4.57. The van der Waals surface area contributed by atoms with E-state index in [1.165, 1.54) is 6.33 Å². The van der Waals surface area contributed by atoms with Gasteiger partial charge in [-0.2, -0.15) is 0 Å². The van der Waals surface area contributed by atoms with E-state index < -0.39 is 5.91 Å². The lowest BCUT2D eigenvalue weighted by Crippen LogP contribution is -2.15. The Kier molecular flexibility index (Phi) is 6.51. The molecule has 1 atom stereocenters. The van der Waals surface area contributed by atoms with E-state index >= 15 is 0 Å². The average Bonchev–Trinajstić information content (AvgIpc) is 3.33. The molecule has 0 saturated heterocycles. The molecule has 0 aliphatic carbocycles. The van der Waals surface area contributed by atoms with E-state index in [0.717, 1.165) is 28.5 Å². The summed E-state index contributed by atoms with van der Waals surface area (Å²) in [6.45, 7) is -0.129. The average molecular weight is 478 g/mol. The summed E-state index contributed by atoms with van der Waals surface area (Å²) >= 11 is 0. The summed E-state index contributed by atoms with van der Waals surface area (Å²) in [6, 6.07) is 26.3. The van der Waals surface area contributed by atoms with Crippen LogP contribution in [-0.2, 0) is 4.79 Å². The molecule has 0 aliphatic heterocycles.